The number of nitrogens with zero attached hydrogens (tertiary/aromatic N) is 3. The van der Waals surface area contributed by atoms with Crippen molar-refractivity contribution in [1.29, 1.82) is 0 Å². The summed E-state index contributed by atoms with van der Waals surface area (Å²) < 4.78 is 4.58. The number of para-hydroxylation sites is 3. The van der Waals surface area contributed by atoms with Gasteiger partial charge in [0, 0.05) is 50.5 Å². The summed E-state index contributed by atoms with van der Waals surface area (Å²) in [6, 6.07) is 47.0. The monoisotopic (exact) mass is 500 g/mol. The second kappa shape index (κ2) is 8.61. The lowest BCUT2D eigenvalue weighted by Gasteiger charge is -2.13. The Morgan fingerprint density at radius 3 is 1.54 bits per heavy atom. The van der Waals surface area contributed by atoms with Crippen LogP contribution in [0.15, 0.2) is 140 Å². The summed E-state index contributed by atoms with van der Waals surface area (Å²) in [5.74, 6) is 0. The molecule has 4 heteroatoms. The predicted octanol–water partition coefficient (Wildman–Crippen LogP) is 9.02. The topological polar surface area (TPSA) is 34.8 Å². The van der Waals surface area contributed by atoms with Crippen LogP contribution in [0.4, 0.5) is 11.4 Å². The van der Waals surface area contributed by atoms with E-state index in [1.807, 2.05) is 12.3 Å². The van der Waals surface area contributed by atoms with Gasteiger partial charge in [-0.1, -0.05) is 66.7 Å². The van der Waals surface area contributed by atoms with Gasteiger partial charge in [-0.05, 0) is 66.7 Å². The van der Waals surface area contributed by atoms with Gasteiger partial charge in [-0.3, -0.25) is 4.57 Å². The Balaban J connectivity index is 1.22. The number of hydrogen-bond acceptors (Lipinski definition) is 2. The minimum Gasteiger partial charge on any atom is -0.355 e. The third-order valence-electron chi connectivity index (χ3n) is 7.51. The maximum atomic E-state index is 4.74. The first-order valence-corrected chi connectivity index (χ1v) is 13.2. The van der Waals surface area contributed by atoms with Crippen molar-refractivity contribution in [2.24, 2.45) is 0 Å². The predicted molar refractivity (Wildman–Crippen MR) is 163 cm³/mol. The Labute approximate surface area is 225 Å². The maximum absolute atomic E-state index is 4.74. The van der Waals surface area contributed by atoms with Gasteiger partial charge in [0.2, 0.25) is 0 Å². The third-order valence-corrected chi connectivity index (χ3v) is 7.51. The molecule has 5 aromatic carbocycles. The second-order valence-electron chi connectivity index (χ2n) is 9.82. The van der Waals surface area contributed by atoms with E-state index in [1.165, 1.54) is 27.2 Å². The molecule has 4 nitrogen and oxygen atoms in total. The number of nitrogens with one attached hydrogen (secondary N) is 1. The number of pyridine rings is 1. The molecular weight excluding hydrogens is 476 g/mol. The summed E-state index contributed by atoms with van der Waals surface area (Å²) in [5.41, 5.74) is 8.78. The molecule has 0 aliphatic carbocycles. The second-order valence-corrected chi connectivity index (χ2v) is 9.82. The summed E-state index contributed by atoms with van der Waals surface area (Å²) in [6.45, 7) is 0. The molecule has 0 saturated heterocycles. The highest BCUT2D eigenvalue weighted by molar-refractivity contribution is 6.09. The van der Waals surface area contributed by atoms with Gasteiger partial charge in [0.1, 0.15) is 5.65 Å². The van der Waals surface area contributed by atoms with Crippen molar-refractivity contribution in [2.45, 2.75) is 0 Å². The molecule has 3 aromatic heterocycles. The quantitative estimate of drug-likeness (QED) is 0.262. The first kappa shape index (κ1) is 21.7. The zero-order valence-corrected chi connectivity index (χ0v) is 21.1. The molecule has 8 rings (SSSR count). The van der Waals surface area contributed by atoms with Gasteiger partial charge in [-0.25, -0.2) is 4.98 Å². The van der Waals surface area contributed by atoms with Crippen molar-refractivity contribution in [2.75, 3.05) is 5.32 Å². The van der Waals surface area contributed by atoms with Crippen molar-refractivity contribution in [3.8, 4) is 11.4 Å². The minimum atomic E-state index is 0.962. The van der Waals surface area contributed by atoms with Crippen molar-refractivity contribution in [3.63, 3.8) is 0 Å². The largest absolute Gasteiger partial charge is 0.355 e. The van der Waals surface area contributed by atoms with Crippen LogP contribution in [0.2, 0.25) is 0 Å². The van der Waals surface area contributed by atoms with Crippen molar-refractivity contribution < 1.29 is 0 Å². The van der Waals surface area contributed by atoms with Crippen molar-refractivity contribution in [3.05, 3.63) is 140 Å². The minimum absolute atomic E-state index is 0.962. The van der Waals surface area contributed by atoms with E-state index < -0.39 is 0 Å². The molecule has 0 spiro atoms. The Kier molecular flexibility index (Phi) is 4.79. The average molecular weight is 501 g/mol. The molecule has 39 heavy (non-hydrogen) atoms. The fraction of sp³-hybridized carbons (Fsp3) is 0. The molecule has 0 bridgehead atoms. The van der Waals surface area contributed by atoms with Crippen LogP contribution in [0.1, 0.15) is 0 Å². The number of aromatic nitrogens is 3. The van der Waals surface area contributed by atoms with Crippen LogP contribution in [0, 0.1) is 0 Å². The Morgan fingerprint density at radius 2 is 0.923 bits per heavy atom. The summed E-state index contributed by atoms with van der Waals surface area (Å²) in [7, 11) is 0. The SMILES string of the molecule is c1cc(Nc2cccc(-n3c4ccccc4c4cccnc43)c2)cc(-n2c3ccccc3c3ccccc32)c1. The summed E-state index contributed by atoms with van der Waals surface area (Å²) in [4.78, 5) is 4.74. The van der Waals surface area contributed by atoms with Gasteiger partial charge in [0.15, 0.2) is 0 Å². The Morgan fingerprint density at radius 1 is 0.436 bits per heavy atom. The third kappa shape index (κ3) is 3.42. The smallest absolute Gasteiger partial charge is 0.145 e. The van der Waals surface area contributed by atoms with Crippen LogP contribution < -0.4 is 5.32 Å². The zero-order valence-electron chi connectivity index (χ0n) is 21.1. The van der Waals surface area contributed by atoms with Crippen molar-refractivity contribution in [1.82, 2.24) is 14.1 Å². The lowest BCUT2D eigenvalue weighted by Crippen LogP contribution is -1.98. The first-order chi connectivity index (χ1) is 19.3. The molecule has 0 amide bonds. The lowest BCUT2D eigenvalue weighted by molar-refractivity contribution is 1.14. The molecule has 0 aliphatic heterocycles. The molecule has 1 N–H and O–H groups in total. The summed E-state index contributed by atoms with van der Waals surface area (Å²) >= 11 is 0. The van der Waals surface area contributed by atoms with E-state index in [2.05, 4.69) is 142 Å². The molecule has 0 unspecified atom stereocenters. The molecule has 0 atom stereocenters. The highest BCUT2D eigenvalue weighted by Gasteiger charge is 2.14. The molecule has 0 fully saturated rings. The van der Waals surface area contributed by atoms with Crippen LogP contribution >= 0.6 is 0 Å². The molecular formula is C35H24N4. The van der Waals surface area contributed by atoms with Crippen LogP contribution in [0.5, 0.6) is 0 Å². The number of rotatable bonds is 4. The van der Waals surface area contributed by atoms with Crippen LogP contribution in [-0.2, 0) is 0 Å². The van der Waals surface area contributed by atoms with E-state index in [-0.39, 0.29) is 0 Å². The molecule has 0 saturated carbocycles. The first-order valence-electron chi connectivity index (χ1n) is 13.2. The maximum Gasteiger partial charge on any atom is 0.145 e. The van der Waals surface area contributed by atoms with E-state index in [0.717, 1.165) is 39.3 Å². The normalized spacial score (nSPS) is 11.6. The van der Waals surface area contributed by atoms with Crippen LogP contribution in [-0.4, -0.2) is 14.1 Å². The van der Waals surface area contributed by atoms with Crippen LogP contribution in [0.3, 0.4) is 0 Å². The summed E-state index contributed by atoms with van der Waals surface area (Å²) in [6.07, 6.45) is 1.86. The van der Waals surface area contributed by atoms with E-state index in [9.17, 15) is 0 Å². The van der Waals surface area contributed by atoms with Gasteiger partial charge >= 0.3 is 0 Å². The Bertz CT molecular complexity index is 1900. The van der Waals surface area contributed by atoms with Gasteiger partial charge in [-0.2, -0.15) is 0 Å². The lowest BCUT2D eigenvalue weighted by atomic mass is 10.2. The molecule has 8 aromatic rings. The number of anilines is 2. The van der Waals surface area contributed by atoms with Gasteiger partial charge < -0.3 is 9.88 Å². The standard InChI is InChI=1S/C35H24N4/c1-4-18-32-28(14-1)29-15-2-5-19-33(29)38(32)26-12-7-10-24(22-26)37-25-11-8-13-27(23-25)39-34-20-6-3-16-30(34)31-17-9-21-36-35(31)39/h1-23,37H. The number of hydrogen-bond donors (Lipinski definition) is 1. The van der Waals surface area contributed by atoms with E-state index in [0.29, 0.717) is 0 Å². The number of benzene rings is 5. The highest BCUT2D eigenvalue weighted by atomic mass is 15.0. The van der Waals surface area contributed by atoms with Gasteiger partial charge in [-0.15, -0.1) is 0 Å². The molecule has 184 valence electrons. The van der Waals surface area contributed by atoms with E-state index >= 15 is 0 Å². The fourth-order valence-corrected chi connectivity index (χ4v) is 5.87. The fourth-order valence-electron chi connectivity index (χ4n) is 5.87. The van der Waals surface area contributed by atoms with Crippen LogP contribution in [0.25, 0.3) is 55.1 Å². The highest BCUT2D eigenvalue weighted by Crippen LogP contribution is 2.34. The molecule has 3 heterocycles. The Hall–Kier alpha value is -5.35. The average Bonchev–Trinajstić information content (AvgIpc) is 3.51. The van der Waals surface area contributed by atoms with E-state index in [4.69, 9.17) is 4.98 Å². The summed E-state index contributed by atoms with van der Waals surface area (Å²) in [5, 5.41) is 8.54. The van der Waals surface area contributed by atoms with E-state index in [1.54, 1.807) is 0 Å². The molecule has 0 radical (unpaired) electrons. The molecule has 0 aliphatic rings. The van der Waals surface area contributed by atoms with Crippen molar-refractivity contribution >= 4 is 55.1 Å². The zero-order chi connectivity index (χ0) is 25.8. The number of fused-ring (bicyclic) bond motifs is 6. The van der Waals surface area contributed by atoms with Gasteiger partial charge in [0.25, 0.3) is 0 Å². The van der Waals surface area contributed by atoms with Gasteiger partial charge in [0.05, 0.1) is 16.6 Å².